The summed E-state index contributed by atoms with van der Waals surface area (Å²) in [6, 6.07) is 14.2. The fraction of sp³-hybridized carbons (Fsp3) is 0.417. The number of carbonyl (C=O) groups excluding carboxylic acids is 2. The maximum Gasteiger partial charge on any atom is 0.251 e. The van der Waals surface area contributed by atoms with Crippen LogP contribution in [0.1, 0.15) is 48.4 Å². The van der Waals surface area contributed by atoms with Gasteiger partial charge < -0.3 is 20.1 Å². The highest BCUT2D eigenvalue weighted by atomic mass is 16.5. The SMILES string of the molecule is CC(C)COc1cccc(C(=O)NCCNC(=O)c2cccc(OCC(C)C)c2)c1. The molecule has 0 unspecified atom stereocenters. The Balaban J connectivity index is 1.78. The molecule has 0 radical (unpaired) electrons. The molecule has 0 aliphatic carbocycles. The van der Waals surface area contributed by atoms with Gasteiger partial charge in [-0.1, -0.05) is 39.8 Å². The first-order valence-corrected chi connectivity index (χ1v) is 10.4. The molecule has 2 aromatic carbocycles. The minimum absolute atomic E-state index is 0.205. The number of ether oxygens (including phenoxy) is 2. The highest BCUT2D eigenvalue weighted by molar-refractivity contribution is 5.95. The molecule has 2 N–H and O–H groups in total. The van der Waals surface area contributed by atoms with E-state index < -0.39 is 0 Å². The van der Waals surface area contributed by atoms with E-state index in [0.717, 1.165) is 0 Å². The van der Waals surface area contributed by atoms with E-state index in [4.69, 9.17) is 9.47 Å². The Labute approximate surface area is 179 Å². The molecule has 0 saturated carbocycles. The number of carbonyl (C=O) groups is 2. The van der Waals surface area contributed by atoms with Crippen LogP contribution in [0.4, 0.5) is 0 Å². The number of amides is 2. The normalized spacial score (nSPS) is 10.7. The Hall–Kier alpha value is -3.02. The average Bonchev–Trinajstić information content (AvgIpc) is 2.74. The van der Waals surface area contributed by atoms with Crippen molar-refractivity contribution < 1.29 is 19.1 Å². The summed E-state index contributed by atoms with van der Waals surface area (Å²) in [7, 11) is 0. The van der Waals surface area contributed by atoms with E-state index in [1.54, 1.807) is 36.4 Å². The largest absolute Gasteiger partial charge is 0.493 e. The molecule has 2 rings (SSSR count). The van der Waals surface area contributed by atoms with Gasteiger partial charge in [-0.3, -0.25) is 9.59 Å². The van der Waals surface area contributed by atoms with Crippen LogP contribution in [0, 0.1) is 11.8 Å². The lowest BCUT2D eigenvalue weighted by atomic mass is 10.2. The van der Waals surface area contributed by atoms with Crippen LogP contribution < -0.4 is 20.1 Å². The molecule has 2 amide bonds. The topological polar surface area (TPSA) is 76.7 Å². The molecule has 6 nitrogen and oxygen atoms in total. The summed E-state index contributed by atoms with van der Waals surface area (Å²) < 4.78 is 11.3. The van der Waals surface area contributed by atoms with Crippen LogP contribution in [0.3, 0.4) is 0 Å². The Morgan fingerprint density at radius 3 is 1.50 bits per heavy atom. The standard InChI is InChI=1S/C24H32N2O4/c1-17(2)15-29-21-9-5-7-19(13-21)23(27)25-11-12-26-24(28)20-8-6-10-22(14-20)30-16-18(3)4/h5-10,13-14,17-18H,11-12,15-16H2,1-4H3,(H,25,27)(H,26,28). The maximum absolute atomic E-state index is 12.3. The van der Waals surface area contributed by atoms with Gasteiger partial charge in [-0.25, -0.2) is 0 Å². The molecule has 0 aliphatic rings. The molecular formula is C24H32N2O4. The van der Waals surface area contributed by atoms with Gasteiger partial charge in [0.2, 0.25) is 0 Å². The maximum atomic E-state index is 12.3. The predicted octanol–water partition coefficient (Wildman–Crippen LogP) is 3.92. The van der Waals surface area contributed by atoms with Crippen molar-refractivity contribution in [1.29, 1.82) is 0 Å². The van der Waals surface area contributed by atoms with Crippen molar-refractivity contribution in [3.05, 3.63) is 59.7 Å². The summed E-state index contributed by atoms with van der Waals surface area (Å²) in [5.41, 5.74) is 1.05. The van der Waals surface area contributed by atoms with E-state index in [2.05, 4.69) is 38.3 Å². The molecule has 0 atom stereocenters. The lowest BCUT2D eigenvalue weighted by Gasteiger charge is -2.11. The molecule has 0 aromatic heterocycles. The fourth-order valence-corrected chi connectivity index (χ4v) is 2.54. The monoisotopic (exact) mass is 412 g/mol. The van der Waals surface area contributed by atoms with Crippen LogP contribution in [-0.2, 0) is 0 Å². The van der Waals surface area contributed by atoms with Crippen molar-refractivity contribution in [2.45, 2.75) is 27.7 Å². The van der Waals surface area contributed by atoms with Gasteiger partial charge in [-0.2, -0.15) is 0 Å². The highest BCUT2D eigenvalue weighted by Crippen LogP contribution is 2.15. The summed E-state index contributed by atoms with van der Waals surface area (Å²) in [5.74, 6) is 1.75. The first-order valence-electron chi connectivity index (χ1n) is 10.4. The van der Waals surface area contributed by atoms with Crippen molar-refractivity contribution in [2.75, 3.05) is 26.3 Å². The van der Waals surface area contributed by atoms with Crippen LogP contribution >= 0.6 is 0 Å². The Bertz CT molecular complexity index is 764. The average molecular weight is 413 g/mol. The smallest absolute Gasteiger partial charge is 0.251 e. The van der Waals surface area contributed by atoms with Crippen molar-refractivity contribution in [3.63, 3.8) is 0 Å². The van der Waals surface area contributed by atoms with Crippen molar-refractivity contribution in [2.24, 2.45) is 11.8 Å². The lowest BCUT2D eigenvalue weighted by Crippen LogP contribution is -2.34. The quantitative estimate of drug-likeness (QED) is 0.549. The minimum Gasteiger partial charge on any atom is -0.493 e. The third-order valence-electron chi connectivity index (χ3n) is 4.06. The van der Waals surface area contributed by atoms with E-state index >= 15 is 0 Å². The molecule has 0 aliphatic heterocycles. The van der Waals surface area contributed by atoms with Gasteiger partial charge in [0.1, 0.15) is 11.5 Å². The van der Waals surface area contributed by atoms with Crippen molar-refractivity contribution >= 4 is 11.8 Å². The second kappa shape index (κ2) is 11.9. The van der Waals surface area contributed by atoms with E-state index in [0.29, 0.717) is 60.8 Å². The van der Waals surface area contributed by atoms with E-state index in [-0.39, 0.29) is 11.8 Å². The van der Waals surface area contributed by atoms with Gasteiger partial charge in [-0.05, 0) is 48.2 Å². The fourth-order valence-electron chi connectivity index (χ4n) is 2.54. The summed E-state index contributed by atoms with van der Waals surface area (Å²) in [6.07, 6.45) is 0. The first kappa shape index (κ1) is 23.3. The summed E-state index contributed by atoms with van der Waals surface area (Å²) in [4.78, 5) is 24.7. The molecule has 162 valence electrons. The zero-order valence-electron chi connectivity index (χ0n) is 18.2. The van der Waals surface area contributed by atoms with Crippen molar-refractivity contribution in [3.8, 4) is 11.5 Å². The van der Waals surface area contributed by atoms with E-state index in [1.165, 1.54) is 0 Å². The molecule has 6 heteroatoms. The van der Waals surface area contributed by atoms with E-state index in [1.807, 2.05) is 12.1 Å². The minimum atomic E-state index is -0.205. The predicted molar refractivity (Wildman–Crippen MR) is 118 cm³/mol. The highest BCUT2D eigenvalue weighted by Gasteiger charge is 2.09. The van der Waals surface area contributed by atoms with Crippen LogP contribution in [0.2, 0.25) is 0 Å². The van der Waals surface area contributed by atoms with Crippen LogP contribution in [0.5, 0.6) is 11.5 Å². The zero-order valence-corrected chi connectivity index (χ0v) is 18.2. The van der Waals surface area contributed by atoms with Crippen LogP contribution in [-0.4, -0.2) is 38.1 Å². The Morgan fingerprint density at radius 1 is 0.733 bits per heavy atom. The number of nitrogens with one attached hydrogen (secondary N) is 2. The molecule has 2 aromatic rings. The van der Waals surface area contributed by atoms with E-state index in [9.17, 15) is 9.59 Å². The summed E-state index contributed by atoms with van der Waals surface area (Å²) in [6.45, 7) is 10.1. The number of hydrogen-bond donors (Lipinski definition) is 2. The number of benzene rings is 2. The van der Waals surface area contributed by atoms with Gasteiger partial charge in [0.25, 0.3) is 11.8 Å². The zero-order chi connectivity index (χ0) is 21.9. The molecule has 0 heterocycles. The van der Waals surface area contributed by atoms with Crippen molar-refractivity contribution in [1.82, 2.24) is 10.6 Å². The first-order chi connectivity index (χ1) is 14.3. The molecule has 0 spiro atoms. The van der Waals surface area contributed by atoms with Gasteiger partial charge in [0.15, 0.2) is 0 Å². The molecule has 0 saturated heterocycles. The van der Waals surface area contributed by atoms with Crippen LogP contribution in [0.25, 0.3) is 0 Å². The number of hydrogen-bond acceptors (Lipinski definition) is 4. The third-order valence-corrected chi connectivity index (χ3v) is 4.06. The lowest BCUT2D eigenvalue weighted by molar-refractivity contribution is 0.0927. The molecular weight excluding hydrogens is 380 g/mol. The molecule has 0 bridgehead atoms. The molecule has 0 fully saturated rings. The summed E-state index contributed by atoms with van der Waals surface area (Å²) >= 11 is 0. The Morgan fingerprint density at radius 2 is 1.13 bits per heavy atom. The second-order valence-corrected chi connectivity index (χ2v) is 7.98. The van der Waals surface area contributed by atoms with Gasteiger partial charge >= 0.3 is 0 Å². The Kier molecular flexibility index (Phi) is 9.19. The van der Waals surface area contributed by atoms with Gasteiger partial charge in [-0.15, -0.1) is 0 Å². The molecule has 30 heavy (non-hydrogen) atoms. The number of rotatable bonds is 11. The van der Waals surface area contributed by atoms with Gasteiger partial charge in [0.05, 0.1) is 13.2 Å². The summed E-state index contributed by atoms with van der Waals surface area (Å²) in [5, 5.41) is 5.62. The second-order valence-electron chi connectivity index (χ2n) is 7.98. The van der Waals surface area contributed by atoms with Crippen LogP contribution in [0.15, 0.2) is 48.5 Å². The third kappa shape index (κ3) is 8.15. The van der Waals surface area contributed by atoms with Gasteiger partial charge in [0, 0.05) is 24.2 Å².